The molecule has 2 heterocycles. The van der Waals surface area contributed by atoms with Crippen molar-refractivity contribution in [1.29, 1.82) is 0 Å². The second-order valence-corrected chi connectivity index (χ2v) is 5.73. The Morgan fingerprint density at radius 1 is 1.30 bits per heavy atom. The lowest BCUT2D eigenvalue weighted by molar-refractivity contribution is -0.124. The molecule has 0 bridgehead atoms. The van der Waals surface area contributed by atoms with Crippen LogP contribution in [-0.4, -0.2) is 44.2 Å². The molecular formula is C17H20N4O2. The van der Waals surface area contributed by atoms with Gasteiger partial charge in [-0.1, -0.05) is 18.2 Å². The normalized spacial score (nSPS) is 18.0. The number of aromatic nitrogens is 3. The van der Waals surface area contributed by atoms with Gasteiger partial charge in [-0.05, 0) is 37.5 Å². The minimum atomic E-state index is -0.281. The third-order valence-corrected chi connectivity index (χ3v) is 4.26. The first-order chi connectivity index (χ1) is 11.2. The van der Waals surface area contributed by atoms with E-state index >= 15 is 0 Å². The molecule has 1 aliphatic heterocycles. The molecular weight excluding hydrogens is 292 g/mol. The van der Waals surface area contributed by atoms with Crippen LogP contribution in [0.5, 0.6) is 0 Å². The van der Waals surface area contributed by atoms with Gasteiger partial charge in [-0.3, -0.25) is 9.59 Å². The van der Waals surface area contributed by atoms with E-state index < -0.39 is 0 Å². The molecule has 1 saturated heterocycles. The molecule has 0 aliphatic carbocycles. The van der Waals surface area contributed by atoms with E-state index in [9.17, 15) is 9.59 Å². The van der Waals surface area contributed by atoms with Gasteiger partial charge in [0.25, 0.3) is 5.91 Å². The highest BCUT2D eigenvalue weighted by Gasteiger charge is 2.31. The highest BCUT2D eigenvalue weighted by atomic mass is 16.2. The van der Waals surface area contributed by atoms with Crippen LogP contribution in [0.1, 0.15) is 43.0 Å². The zero-order valence-electron chi connectivity index (χ0n) is 13.2. The Morgan fingerprint density at radius 3 is 2.91 bits per heavy atom. The van der Waals surface area contributed by atoms with Crippen molar-refractivity contribution in [3.8, 4) is 5.69 Å². The average molecular weight is 312 g/mol. The quantitative estimate of drug-likeness (QED) is 0.868. The number of amides is 1. The Bertz CT molecular complexity index is 696. The maximum Gasteiger partial charge on any atom is 0.254 e. The SMILES string of the molecule is CCC(=O)C1CCCCN1C(=O)c1cccc(-n2ccnn2)c1. The third kappa shape index (κ3) is 3.16. The second-order valence-electron chi connectivity index (χ2n) is 5.73. The van der Waals surface area contributed by atoms with Gasteiger partial charge < -0.3 is 4.90 Å². The van der Waals surface area contributed by atoms with E-state index in [1.807, 2.05) is 19.1 Å². The van der Waals surface area contributed by atoms with Crippen LogP contribution >= 0.6 is 0 Å². The van der Waals surface area contributed by atoms with E-state index in [-0.39, 0.29) is 17.7 Å². The van der Waals surface area contributed by atoms with Gasteiger partial charge in [0.2, 0.25) is 0 Å². The number of benzene rings is 1. The number of ketones is 1. The van der Waals surface area contributed by atoms with Crippen LogP contribution in [-0.2, 0) is 4.79 Å². The molecule has 1 aromatic carbocycles. The monoisotopic (exact) mass is 312 g/mol. The lowest BCUT2D eigenvalue weighted by atomic mass is 9.96. The van der Waals surface area contributed by atoms with E-state index in [4.69, 9.17) is 0 Å². The molecule has 1 aromatic heterocycles. The Hall–Kier alpha value is -2.50. The predicted molar refractivity (Wildman–Crippen MR) is 85.3 cm³/mol. The summed E-state index contributed by atoms with van der Waals surface area (Å²) >= 11 is 0. The fourth-order valence-corrected chi connectivity index (χ4v) is 3.04. The maximum atomic E-state index is 12.9. The zero-order valence-corrected chi connectivity index (χ0v) is 13.2. The molecule has 23 heavy (non-hydrogen) atoms. The summed E-state index contributed by atoms with van der Waals surface area (Å²) in [7, 11) is 0. The van der Waals surface area contributed by atoms with Crippen LogP contribution in [0.25, 0.3) is 5.69 Å². The number of piperidine rings is 1. The first-order valence-electron chi connectivity index (χ1n) is 8.01. The van der Waals surface area contributed by atoms with Gasteiger partial charge in [-0.2, -0.15) is 0 Å². The van der Waals surface area contributed by atoms with Crippen molar-refractivity contribution in [2.45, 2.75) is 38.6 Å². The highest BCUT2D eigenvalue weighted by Crippen LogP contribution is 2.22. The lowest BCUT2D eigenvalue weighted by Gasteiger charge is -2.34. The molecule has 6 nitrogen and oxygen atoms in total. The number of hydrogen-bond donors (Lipinski definition) is 0. The van der Waals surface area contributed by atoms with Crippen molar-refractivity contribution in [3.63, 3.8) is 0 Å². The Morgan fingerprint density at radius 2 is 2.17 bits per heavy atom. The predicted octanol–water partition coefficient (Wildman–Crippen LogP) is 2.24. The van der Waals surface area contributed by atoms with Crippen LogP contribution in [0.2, 0.25) is 0 Å². The molecule has 1 fully saturated rings. The van der Waals surface area contributed by atoms with E-state index in [0.29, 0.717) is 18.5 Å². The van der Waals surface area contributed by atoms with Crippen LogP contribution in [0.3, 0.4) is 0 Å². The summed E-state index contributed by atoms with van der Waals surface area (Å²) in [6.07, 6.45) is 6.50. The van der Waals surface area contributed by atoms with E-state index in [1.165, 1.54) is 0 Å². The standard InChI is InChI=1S/C17H20N4O2/c1-2-16(22)15-8-3-4-10-20(15)17(23)13-6-5-7-14(12-13)21-11-9-18-19-21/h5-7,9,11-12,15H,2-4,8,10H2,1H3. The number of rotatable bonds is 4. The fraction of sp³-hybridized carbons (Fsp3) is 0.412. The Balaban J connectivity index is 1.87. The van der Waals surface area contributed by atoms with Gasteiger partial charge in [0.1, 0.15) is 0 Å². The van der Waals surface area contributed by atoms with Gasteiger partial charge in [0.15, 0.2) is 5.78 Å². The molecule has 6 heteroatoms. The lowest BCUT2D eigenvalue weighted by Crippen LogP contribution is -2.47. The molecule has 1 atom stereocenters. The van der Waals surface area contributed by atoms with Crippen LogP contribution in [0, 0.1) is 0 Å². The van der Waals surface area contributed by atoms with Crippen molar-refractivity contribution in [2.75, 3.05) is 6.54 Å². The minimum absolute atomic E-state index is 0.0848. The first kappa shape index (κ1) is 15.4. The van der Waals surface area contributed by atoms with Gasteiger partial charge in [0, 0.05) is 18.5 Å². The van der Waals surface area contributed by atoms with Gasteiger partial charge in [-0.15, -0.1) is 5.10 Å². The number of Topliss-reactive ketones (excluding diaryl/α,β-unsaturated/α-hetero) is 1. The maximum absolute atomic E-state index is 12.9. The number of carbonyl (C=O) groups excluding carboxylic acids is 2. The Labute approximate surface area is 135 Å². The molecule has 0 radical (unpaired) electrons. The second kappa shape index (κ2) is 6.73. The number of likely N-dealkylation sites (tertiary alicyclic amines) is 1. The molecule has 1 unspecified atom stereocenters. The summed E-state index contributed by atoms with van der Waals surface area (Å²) in [6, 6.07) is 6.99. The largest absolute Gasteiger partial charge is 0.329 e. The van der Waals surface area contributed by atoms with Crippen molar-refractivity contribution in [2.24, 2.45) is 0 Å². The van der Waals surface area contributed by atoms with Crippen LogP contribution in [0.4, 0.5) is 0 Å². The topological polar surface area (TPSA) is 68.1 Å². The molecule has 1 aliphatic rings. The molecule has 2 aromatic rings. The van der Waals surface area contributed by atoms with Crippen molar-refractivity contribution < 1.29 is 9.59 Å². The minimum Gasteiger partial charge on any atom is -0.329 e. The van der Waals surface area contributed by atoms with E-state index in [0.717, 1.165) is 24.9 Å². The van der Waals surface area contributed by atoms with Gasteiger partial charge in [-0.25, -0.2) is 4.68 Å². The third-order valence-electron chi connectivity index (χ3n) is 4.26. The summed E-state index contributed by atoms with van der Waals surface area (Å²) < 4.78 is 1.61. The van der Waals surface area contributed by atoms with Gasteiger partial charge in [0.05, 0.1) is 24.1 Å². The average Bonchev–Trinajstić information content (AvgIpc) is 3.15. The van der Waals surface area contributed by atoms with Crippen molar-refractivity contribution >= 4 is 11.7 Å². The van der Waals surface area contributed by atoms with Gasteiger partial charge >= 0.3 is 0 Å². The van der Waals surface area contributed by atoms with Crippen LogP contribution < -0.4 is 0 Å². The summed E-state index contributed by atoms with van der Waals surface area (Å²) in [6.45, 7) is 2.49. The summed E-state index contributed by atoms with van der Waals surface area (Å²) in [5, 5.41) is 7.73. The molecule has 3 rings (SSSR count). The zero-order chi connectivity index (χ0) is 16.2. The molecule has 0 spiro atoms. The van der Waals surface area contributed by atoms with E-state index in [1.54, 1.807) is 34.1 Å². The summed E-state index contributed by atoms with van der Waals surface area (Å²) in [5.41, 5.74) is 1.36. The molecule has 0 saturated carbocycles. The number of hydrogen-bond acceptors (Lipinski definition) is 4. The molecule has 0 N–H and O–H groups in total. The first-order valence-corrected chi connectivity index (χ1v) is 8.01. The summed E-state index contributed by atoms with van der Waals surface area (Å²) in [4.78, 5) is 26.8. The van der Waals surface area contributed by atoms with Crippen molar-refractivity contribution in [3.05, 3.63) is 42.2 Å². The number of carbonyl (C=O) groups is 2. The van der Waals surface area contributed by atoms with Crippen molar-refractivity contribution in [1.82, 2.24) is 19.9 Å². The smallest absolute Gasteiger partial charge is 0.254 e. The molecule has 1 amide bonds. The highest BCUT2D eigenvalue weighted by molar-refractivity contribution is 5.98. The fourth-order valence-electron chi connectivity index (χ4n) is 3.04. The van der Waals surface area contributed by atoms with E-state index in [2.05, 4.69) is 10.3 Å². The van der Waals surface area contributed by atoms with Crippen LogP contribution in [0.15, 0.2) is 36.7 Å². The number of nitrogens with zero attached hydrogens (tertiary/aromatic N) is 4. The summed E-state index contributed by atoms with van der Waals surface area (Å²) in [5.74, 6) is 0.0592. The molecule has 120 valence electrons. The Kier molecular flexibility index (Phi) is 4.50.